The highest BCUT2D eigenvalue weighted by Crippen LogP contribution is 2.48. The van der Waals surface area contributed by atoms with Gasteiger partial charge >= 0.3 is 0 Å². The van der Waals surface area contributed by atoms with Crippen LogP contribution in [-0.2, 0) is 10.3 Å². The summed E-state index contributed by atoms with van der Waals surface area (Å²) in [4.78, 5) is 0. The zero-order chi connectivity index (χ0) is 10.6. The fourth-order valence-electron chi connectivity index (χ4n) is 1.65. The Bertz CT molecular complexity index is 287. The maximum atomic E-state index is 5.49. The molecule has 1 aromatic carbocycles. The molecule has 0 N–H and O–H groups in total. The summed E-state index contributed by atoms with van der Waals surface area (Å²) >= 11 is 0. The minimum absolute atomic E-state index is 0.0754. The summed E-state index contributed by atoms with van der Waals surface area (Å²) < 4.78 is 5.49. The first-order valence-electron chi connectivity index (χ1n) is 5.39. The monoisotopic (exact) mass is 192 g/mol. The van der Waals surface area contributed by atoms with E-state index in [1.54, 1.807) is 7.11 Å². The van der Waals surface area contributed by atoms with Gasteiger partial charge in [0.1, 0.15) is 0 Å². The van der Waals surface area contributed by atoms with E-state index in [2.05, 4.69) is 31.2 Å². The minimum Gasteiger partial charge on any atom is -0.374 e. The van der Waals surface area contributed by atoms with Crippen LogP contribution in [0.3, 0.4) is 0 Å². The van der Waals surface area contributed by atoms with Crippen molar-refractivity contribution in [2.24, 2.45) is 0 Å². The van der Waals surface area contributed by atoms with Crippen LogP contribution < -0.4 is 0 Å². The number of aryl methyl sites for hydroxylation is 1. The number of methoxy groups -OCH3 is 1. The van der Waals surface area contributed by atoms with Gasteiger partial charge in [-0.2, -0.15) is 0 Å². The second-order valence-corrected chi connectivity index (χ2v) is 3.57. The average Bonchev–Trinajstić information content (AvgIpc) is 3.01. The molecule has 0 atom stereocenters. The van der Waals surface area contributed by atoms with E-state index in [-0.39, 0.29) is 5.60 Å². The Hall–Kier alpha value is -0.820. The van der Waals surface area contributed by atoms with Crippen molar-refractivity contribution in [3.8, 4) is 0 Å². The number of hydrogen-bond acceptors (Lipinski definition) is 1. The zero-order valence-corrected chi connectivity index (χ0v) is 9.63. The lowest BCUT2D eigenvalue weighted by atomic mass is 10.1. The second-order valence-electron chi connectivity index (χ2n) is 3.57. The van der Waals surface area contributed by atoms with Gasteiger partial charge in [-0.25, -0.2) is 0 Å². The average molecular weight is 192 g/mol. The highest BCUT2D eigenvalue weighted by atomic mass is 16.5. The molecule has 14 heavy (non-hydrogen) atoms. The van der Waals surface area contributed by atoms with Crippen molar-refractivity contribution in [2.75, 3.05) is 7.11 Å². The summed E-state index contributed by atoms with van der Waals surface area (Å²) in [6.45, 7) is 6.12. The highest BCUT2D eigenvalue weighted by Gasteiger charge is 2.44. The molecule has 0 bridgehead atoms. The van der Waals surface area contributed by atoms with Crippen LogP contribution in [0.5, 0.6) is 0 Å². The maximum absolute atomic E-state index is 5.49. The SMILES string of the molecule is CC.COC1(c2cccc(C)c2)CC1. The van der Waals surface area contributed by atoms with E-state index in [1.807, 2.05) is 13.8 Å². The minimum atomic E-state index is 0.0754. The molecule has 1 aromatic rings. The Morgan fingerprint density at radius 2 is 1.86 bits per heavy atom. The van der Waals surface area contributed by atoms with Crippen molar-refractivity contribution in [3.05, 3.63) is 35.4 Å². The number of benzene rings is 1. The molecular weight excluding hydrogens is 172 g/mol. The molecule has 0 amide bonds. The van der Waals surface area contributed by atoms with Crippen LogP contribution in [0.2, 0.25) is 0 Å². The van der Waals surface area contributed by atoms with E-state index in [4.69, 9.17) is 4.74 Å². The molecule has 0 spiro atoms. The normalized spacial score (nSPS) is 16.9. The smallest absolute Gasteiger partial charge is 0.0930 e. The number of ether oxygens (including phenoxy) is 1. The first-order chi connectivity index (χ1) is 6.77. The van der Waals surface area contributed by atoms with Crippen LogP contribution >= 0.6 is 0 Å². The van der Waals surface area contributed by atoms with Crippen LogP contribution in [-0.4, -0.2) is 7.11 Å². The van der Waals surface area contributed by atoms with Gasteiger partial charge in [0.25, 0.3) is 0 Å². The van der Waals surface area contributed by atoms with E-state index < -0.39 is 0 Å². The quantitative estimate of drug-likeness (QED) is 0.695. The van der Waals surface area contributed by atoms with Crippen molar-refractivity contribution in [1.82, 2.24) is 0 Å². The summed E-state index contributed by atoms with van der Waals surface area (Å²) in [5, 5.41) is 0. The Labute approximate surface area is 87.1 Å². The van der Waals surface area contributed by atoms with Gasteiger partial charge in [0.15, 0.2) is 0 Å². The molecule has 0 radical (unpaired) electrons. The number of rotatable bonds is 2. The molecule has 1 saturated carbocycles. The van der Waals surface area contributed by atoms with Crippen molar-refractivity contribution in [1.29, 1.82) is 0 Å². The van der Waals surface area contributed by atoms with Crippen LogP contribution in [0.4, 0.5) is 0 Å². The van der Waals surface area contributed by atoms with E-state index in [9.17, 15) is 0 Å². The Balaban J connectivity index is 0.000000461. The van der Waals surface area contributed by atoms with E-state index in [1.165, 1.54) is 24.0 Å². The lowest BCUT2D eigenvalue weighted by Gasteiger charge is -2.13. The number of hydrogen-bond donors (Lipinski definition) is 0. The van der Waals surface area contributed by atoms with Gasteiger partial charge < -0.3 is 4.74 Å². The maximum Gasteiger partial charge on any atom is 0.0930 e. The third-order valence-corrected chi connectivity index (χ3v) is 2.64. The van der Waals surface area contributed by atoms with Crippen LogP contribution in [0.15, 0.2) is 24.3 Å². The molecule has 1 aliphatic rings. The van der Waals surface area contributed by atoms with Gasteiger partial charge in [-0.05, 0) is 25.3 Å². The van der Waals surface area contributed by atoms with Crippen molar-refractivity contribution >= 4 is 0 Å². The van der Waals surface area contributed by atoms with E-state index in [0.29, 0.717) is 0 Å². The molecule has 0 aromatic heterocycles. The molecule has 78 valence electrons. The fourth-order valence-corrected chi connectivity index (χ4v) is 1.65. The van der Waals surface area contributed by atoms with Gasteiger partial charge in [-0.15, -0.1) is 0 Å². The first-order valence-corrected chi connectivity index (χ1v) is 5.39. The predicted octanol–water partition coefficient (Wildman–Crippen LogP) is 3.66. The third kappa shape index (κ3) is 2.16. The van der Waals surface area contributed by atoms with E-state index in [0.717, 1.165) is 0 Å². The molecular formula is C13H20O. The lowest BCUT2D eigenvalue weighted by Crippen LogP contribution is -2.08. The van der Waals surface area contributed by atoms with Gasteiger partial charge in [-0.1, -0.05) is 43.7 Å². The molecule has 1 aliphatic carbocycles. The largest absolute Gasteiger partial charge is 0.374 e. The fraction of sp³-hybridized carbons (Fsp3) is 0.538. The highest BCUT2D eigenvalue weighted by molar-refractivity contribution is 5.31. The van der Waals surface area contributed by atoms with Crippen molar-refractivity contribution < 1.29 is 4.74 Å². The Morgan fingerprint density at radius 1 is 1.21 bits per heavy atom. The summed E-state index contributed by atoms with van der Waals surface area (Å²) in [6, 6.07) is 8.60. The summed E-state index contributed by atoms with van der Waals surface area (Å²) in [7, 11) is 1.80. The molecule has 0 saturated heterocycles. The Morgan fingerprint density at radius 3 is 2.29 bits per heavy atom. The molecule has 1 heteroatoms. The molecule has 0 aliphatic heterocycles. The Kier molecular flexibility index (Phi) is 3.70. The van der Waals surface area contributed by atoms with Crippen LogP contribution in [0.25, 0.3) is 0 Å². The topological polar surface area (TPSA) is 9.23 Å². The molecule has 0 heterocycles. The first kappa shape index (κ1) is 11.3. The molecule has 2 rings (SSSR count). The van der Waals surface area contributed by atoms with Crippen LogP contribution in [0.1, 0.15) is 37.8 Å². The predicted molar refractivity (Wildman–Crippen MR) is 60.4 cm³/mol. The van der Waals surface area contributed by atoms with E-state index >= 15 is 0 Å². The standard InChI is InChI=1S/C11H14O.C2H6/c1-9-4-3-5-10(8-9)11(12-2)6-7-11;1-2/h3-5,8H,6-7H2,1-2H3;1-2H3. The molecule has 0 unspecified atom stereocenters. The van der Waals surface area contributed by atoms with Gasteiger partial charge in [0.05, 0.1) is 5.60 Å². The zero-order valence-electron chi connectivity index (χ0n) is 9.63. The summed E-state index contributed by atoms with van der Waals surface area (Å²) in [5.41, 5.74) is 2.73. The van der Waals surface area contributed by atoms with Crippen LogP contribution in [0, 0.1) is 6.92 Å². The molecule has 1 nitrogen and oxygen atoms in total. The van der Waals surface area contributed by atoms with Gasteiger partial charge in [0.2, 0.25) is 0 Å². The molecule has 1 fully saturated rings. The third-order valence-electron chi connectivity index (χ3n) is 2.64. The summed E-state index contributed by atoms with van der Waals surface area (Å²) in [6.07, 6.45) is 2.35. The van der Waals surface area contributed by atoms with Gasteiger partial charge in [-0.3, -0.25) is 0 Å². The second kappa shape index (κ2) is 4.61. The van der Waals surface area contributed by atoms with Crippen molar-refractivity contribution in [3.63, 3.8) is 0 Å². The lowest BCUT2D eigenvalue weighted by molar-refractivity contribution is 0.0789. The summed E-state index contributed by atoms with van der Waals surface area (Å²) in [5.74, 6) is 0. The van der Waals surface area contributed by atoms with Gasteiger partial charge in [0, 0.05) is 7.11 Å². The van der Waals surface area contributed by atoms with Crippen molar-refractivity contribution in [2.45, 2.75) is 39.2 Å².